The molecule has 1 radical (unpaired) electrons. The first kappa shape index (κ1) is 17.4. The predicted molar refractivity (Wildman–Crippen MR) is 91.1 cm³/mol. The number of hydrogen-bond donors (Lipinski definition) is 2. The number of fused-ring (bicyclic) bond motifs is 1. The van der Waals surface area contributed by atoms with E-state index < -0.39 is 18.1 Å². The normalized spacial score (nSPS) is 21.2. The highest BCUT2D eigenvalue weighted by atomic mass is 16.5. The lowest BCUT2D eigenvalue weighted by Gasteiger charge is -2.36. The SMILES string of the molecule is COc1ccc2ncc(OCCN3CC[CH][C@@H](O)C3C(N)=O)nc2c1. The Kier molecular flexibility index (Phi) is 5.30. The molecule has 1 aliphatic rings. The Hall–Kier alpha value is -2.45. The molecule has 1 saturated heterocycles. The number of carbonyl (C=O) groups is 1. The van der Waals surface area contributed by atoms with E-state index in [1.165, 1.54) is 0 Å². The first-order chi connectivity index (χ1) is 12.1. The molecule has 1 unspecified atom stereocenters. The van der Waals surface area contributed by atoms with Gasteiger partial charge in [-0.05, 0) is 31.5 Å². The van der Waals surface area contributed by atoms with Gasteiger partial charge in [0.25, 0.3) is 0 Å². The number of piperidine rings is 1. The minimum absolute atomic E-state index is 0.306. The quantitative estimate of drug-likeness (QED) is 0.766. The van der Waals surface area contributed by atoms with Gasteiger partial charge in [0.1, 0.15) is 18.4 Å². The second-order valence-electron chi connectivity index (χ2n) is 5.81. The van der Waals surface area contributed by atoms with Gasteiger partial charge in [0.2, 0.25) is 11.8 Å². The van der Waals surface area contributed by atoms with E-state index in [-0.39, 0.29) is 0 Å². The van der Waals surface area contributed by atoms with E-state index in [1.54, 1.807) is 25.8 Å². The van der Waals surface area contributed by atoms with Crippen molar-refractivity contribution in [3.05, 3.63) is 30.8 Å². The average Bonchev–Trinajstić information content (AvgIpc) is 2.60. The van der Waals surface area contributed by atoms with Crippen LogP contribution in [0.3, 0.4) is 0 Å². The van der Waals surface area contributed by atoms with Crippen LogP contribution in [0.1, 0.15) is 6.42 Å². The van der Waals surface area contributed by atoms with Gasteiger partial charge in [0.15, 0.2) is 0 Å². The van der Waals surface area contributed by atoms with Crippen molar-refractivity contribution >= 4 is 16.9 Å². The van der Waals surface area contributed by atoms with Gasteiger partial charge in [-0.25, -0.2) is 9.97 Å². The van der Waals surface area contributed by atoms with Crippen molar-refractivity contribution in [3.8, 4) is 11.6 Å². The number of aliphatic hydroxyl groups is 1. The average molecular weight is 345 g/mol. The van der Waals surface area contributed by atoms with E-state index in [4.69, 9.17) is 15.2 Å². The number of rotatable bonds is 6. The fourth-order valence-corrected chi connectivity index (χ4v) is 2.93. The Bertz CT molecular complexity index is 755. The molecule has 0 spiro atoms. The van der Waals surface area contributed by atoms with Gasteiger partial charge in [-0.15, -0.1) is 0 Å². The van der Waals surface area contributed by atoms with Crippen LogP contribution in [0.5, 0.6) is 11.6 Å². The Morgan fingerprint density at radius 1 is 1.44 bits per heavy atom. The number of likely N-dealkylation sites (tertiary alicyclic amines) is 1. The van der Waals surface area contributed by atoms with Crippen molar-refractivity contribution in [3.63, 3.8) is 0 Å². The van der Waals surface area contributed by atoms with Crippen molar-refractivity contribution in [2.45, 2.75) is 18.6 Å². The number of primary amides is 1. The molecule has 2 heterocycles. The number of methoxy groups -OCH3 is 1. The number of hydrogen-bond acceptors (Lipinski definition) is 7. The van der Waals surface area contributed by atoms with Crippen LogP contribution >= 0.6 is 0 Å². The van der Waals surface area contributed by atoms with Crippen LogP contribution < -0.4 is 15.2 Å². The van der Waals surface area contributed by atoms with Crippen LogP contribution in [0.25, 0.3) is 11.0 Å². The number of amides is 1. The van der Waals surface area contributed by atoms with Crippen molar-refractivity contribution in [2.24, 2.45) is 5.73 Å². The molecule has 3 rings (SSSR count). The number of nitrogens with two attached hydrogens (primary N) is 1. The Morgan fingerprint density at radius 3 is 3.04 bits per heavy atom. The molecule has 133 valence electrons. The second-order valence-corrected chi connectivity index (χ2v) is 5.81. The molecule has 25 heavy (non-hydrogen) atoms. The van der Waals surface area contributed by atoms with Crippen molar-refractivity contribution in [1.82, 2.24) is 14.9 Å². The Morgan fingerprint density at radius 2 is 2.28 bits per heavy atom. The lowest BCUT2D eigenvalue weighted by molar-refractivity contribution is -0.128. The fraction of sp³-hybridized carbons (Fsp3) is 0.412. The summed E-state index contributed by atoms with van der Waals surface area (Å²) in [6.45, 7) is 1.41. The molecule has 1 aliphatic heterocycles. The molecule has 1 aromatic carbocycles. The van der Waals surface area contributed by atoms with Gasteiger partial charge in [-0.1, -0.05) is 0 Å². The summed E-state index contributed by atoms with van der Waals surface area (Å²) in [6.07, 6.45) is 3.11. The lowest BCUT2D eigenvalue weighted by atomic mass is 9.98. The molecule has 0 saturated carbocycles. The molecule has 8 nitrogen and oxygen atoms in total. The monoisotopic (exact) mass is 345 g/mol. The third-order valence-corrected chi connectivity index (χ3v) is 4.19. The summed E-state index contributed by atoms with van der Waals surface area (Å²) in [5.41, 5.74) is 6.81. The van der Waals surface area contributed by atoms with Crippen LogP contribution in [0, 0.1) is 6.42 Å². The second kappa shape index (κ2) is 7.62. The number of benzene rings is 1. The summed E-state index contributed by atoms with van der Waals surface area (Å²) < 4.78 is 10.8. The maximum atomic E-state index is 11.5. The topological polar surface area (TPSA) is 111 Å². The highest BCUT2D eigenvalue weighted by molar-refractivity contribution is 5.81. The van der Waals surface area contributed by atoms with Crippen LogP contribution in [0.4, 0.5) is 0 Å². The standard InChI is InChI=1S/C17H21N4O4/c1-24-11-4-5-12-13(9-11)20-15(10-19-12)25-8-7-21-6-2-3-14(22)16(21)17(18)23/h3-5,9-10,14,16,22H,2,6-8H2,1H3,(H2,18,23)/t14-,16?/m1/s1. The fourth-order valence-electron chi connectivity index (χ4n) is 2.93. The van der Waals surface area contributed by atoms with Crippen molar-refractivity contribution < 1.29 is 19.4 Å². The summed E-state index contributed by atoms with van der Waals surface area (Å²) in [4.78, 5) is 22.1. The molecule has 1 amide bonds. The number of aromatic nitrogens is 2. The van der Waals surface area contributed by atoms with Gasteiger partial charge in [-0.3, -0.25) is 9.69 Å². The summed E-state index contributed by atoms with van der Waals surface area (Å²) in [5.74, 6) is 0.545. The minimum Gasteiger partial charge on any atom is -0.497 e. The number of nitrogens with zero attached hydrogens (tertiary/aromatic N) is 3. The van der Waals surface area contributed by atoms with Crippen LogP contribution in [0.15, 0.2) is 24.4 Å². The summed E-state index contributed by atoms with van der Waals surface area (Å²) in [5, 5.41) is 9.92. The third-order valence-electron chi connectivity index (χ3n) is 4.19. The van der Waals surface area contributed by atoms with Gasteiger partial charge < -0.3 is 20.3 Å². The van der Waals surface area contributed by atoms with Gasteiger partial charge >= 0.3 is 0 Å². The Balaban J connectivity index is 1.63. The molecule has 1 fully saturated rings. The maximum absolute atomic E-state index is 11.5. The molecule has 2 atom stereocenters. The number of ether oxygens (including phenoxy) is 2. The van der Waals surface area contributed by atoms with E-state index >= 15 is 0 Å². The third kappa shape index (κ3) is 3.97. The molecule has 1 aromatic heterocycles. The molecule has 0 aliphatic carbocycles. The van der Waals surface area contributed by atoms with E-state index in [0.717, 1.165) is 5.52 Å². The zero-order valence-electron chi connectivity index (χ0n) is 14.0. The van der Waals surface area contributed by atoms with E-state index in [2.05, 4.69) is 9.97 Å². The molecule has 0 bridgehead atoms. The Labute approximate surface area is 145 Å². The summed E-state index contributed by atoms with van der Waals surface area (Å²) in [6, 6.07) is 4.72. The van der Waals surface area contributed by atoms with Crippen molar-refractivity contribution in [2.75, 3.05) is 26.8 Å². The molecule has 2 aromatic rings. The zero-order valence-corrected chi connectivity index (χ0v) is 14.0. The molecular formula is C17H21N4O4. The largest absolute Gasteiger partial charge is 0.497 e. The maximum Gasteiger partial charge on any atom is 0.237 e. The smallest absolute Gasteiger partial charge is 0.237 e. The lowest BCUT2D eigenvalue weighted by Crippen LogP contribution is -2.56. The van der Waals surface area contributed by atoms with E-state index in [9.17, 15) is 9.90 Å². The van der Waals surface area contributed by atoms with Crippen LogP contribution in [-0.2, 0) is 4.79 Å². The highest BCUT2D eigenvalue weighted by Crippen LogP contribution is 2.20. The molecule has 8 heteroatoms. The molecular weight excluding hydrogens is 324 g/mol. The van der Waals surface area contributed by atoms with Crippen LogP contribution in [0.2, 0.25) is 0 Å². The highest BCUT2D eigenvalue weighted by Gasteiger charge is 2.34. The minimum atomic E-state index is -0.848. The van der Waals surface area contributed by atoms with Gasteiger partial charge in [0.05, 0.1) is 30.4 Å². The van der Waals surface area contributed by atoms with E-state index in [1.807, 2.05) is 17.0 Å². The van der Waals surface area contributed by atoms with Gasteiger partial charge in [0, 0.05) is 12.6 Å². The number of carbonyl (C=O) groups excluding carboxylic acids is 1. The first-order valence-corrected chi connectivity index (χ1v) is 8.07. The van der Waals surface area contributed by atoms with E-state index in [0.29, 0.717) is 43.3 Å². The van der Waals surface area contributed by atoms with Crippen molar-refractivity contribution in [1.29, 1.82) is 0 Å². The number of aliphatic hydroxyl groups excluding tert-OH is 1. The predicted octanol–water partition coefficient (Wildman–Crippen LogP) is 0.142. The summed E-state index contributed by atoms with van der Waals surface area (Å²) >= 11 is 0. The molecule has 3 N–H and O–H groups in total. The van der Waals surface area contributed by atoms with Crippen LogP contribution in [-0.4, -0.2) is 64.8 Å². The zero-order chi connectivity index (χ0) is 17.8. The summed E-state index contributed by atoms with van der Waals surface area (Å²) in [7, 11) is 1.59. The first-order valence-electron chi connectivity index (χ1n) is 8.07. The van der Waals surface area contributed by atoms with Gasteiger partial charge in [-0.2, -0.15) is 0 Å².